The Labute approximate surface area is 151 Å². The highest BCUT2D eigenvalue weighted by Crippen LogP contribution is 2.13. The van der Waals surface area contributed by atoms with Gasteiger partial charge in [0.15, 0.2) is 11.6 Å². The highest BCUT2D eigenvalue weighted by Gasteiger charge is 2.01. The molecule has 2 aromatic rings. The summed E-state index contributed by atoms with van der Waals surface area (Å²) < 4.78 is 0. The second kappa shape index (κ2) is 9.93. The average Bonchev–Trinajstić information content (AvgIpc) is 2.61. The molecule has 0 aromatic heterocycles. The van der Waals surface area contributed by atoms with Gasteiger partial charge in [-0.2, -0.15) is 0 Å². The topological polar surface area (TPSA) is 34.1 Å². The van der Waals surface area contributed by atoms with Crippen LogP contribution in [0.2, 0.25) is 0 Å². The van der Waals surface area contributed by atoms with E-state index in [1.54, 1.807) is 13.8 Å². The maximum Gasteiger partial charge on any atom is 0.159 e. The Morgan fingerprint density at radius 2 is 0.880 bits per heavy atom. The van der Waals surface area contributed by atoms with Gasteiger partial charge in [-0.3, -0.25) is 9.59 Å². The number of carbonyl (C=O) groups is 2. The first-order valence-corrected chi connectivity index (χ1v) is 9.26. The van der Waals surface area contributed by atoms with Gasteiger partial charge < -0.3 is 0 Å². The minimum absolute atomic E-state index is 0.127. The summed E-state index contributed by atoms with van der Waals surface area (Å²) >= 11 is 0. The van der Waals surface area contributed by atoms with Crippen LogP contribution in [0.1, 0.15) is 77.8 Å². The number of unbranched alkanes of at least 4 members (excludes halogenated alkanes) is 4. The summed E-state index contributed by atoms with van der Waals surface area (Å²) in [5, 5.41) is 0. The van der Waals surface area contributed by atoms with Crippen LogP contribution in [-0.4, -0.2) is 11.6 Å². The van der Waals surface area contributed by atoms with E-state index in [4.69, 9.17) is 0 Å². The van der Waals surface area contributed by atoms with E-state index in [9.17, 15) is 9.59 Å². The zero-order valence-corrected chi connectivity index (χ0v) is 15.4. The van der Waals surface area contributed by atoms with E-state index in [0.717, 1.165) is 24.0 Å². The maximum absolute atomic E-state index is 11.3. The SMILES string of the molecule is CC(=O)c1ccc(CCCCCCCc2ccc(C(C)=O)cc2)cc1. The Morgan fingerprint density at radius 1 is 0.560 bits per heavy atom. The van der Waals surface area contributed by atoms with Crippen molar-refractivity contribution in [3.63, 3.8) is 0 Å². The van der Waals surface area contributed by atoms with Crippen molar-refractivity contribution in [1.29, 1.82) is 0 Å². The van der Waals surface area contributed by atoms with Gasteiger partial charge in [-0.15, -0.1) is 0 Å². The quantitative estimate of drug-likeness (QED) is 0.404. The molecule has 0 radical (unpaired) electrons. The van der Waals surface area contributed by atoms with E-state index in [1.807, 2.05) is 24.3 Å². The van der Waals surface area contributed by atoms with Crippen molar-refractivity contribution in [1.82, 2.24) is 0 Å². The lowest BCUT2D eigenvalue weighted by Crippen LogP contribution is -1.93. The van der Waals surface area contributed by atoms with Crippen molar-refractivity contribution < 1.29 is 9.59 Å². The van der Waals surface area contributed by atoms with Gasteiger partial charge in [0, 0.05) is 11.1 Å². The van der Waals surface area contributed by atoms with Crippen molar-refractivity contribution >= 4 is 11.6 Å². The van der Waals surface area contributed by atoms with Crippen LogP contribution in [0, 0.1) is 0 Å². The zero-order chi connectivity index (χ0) is 18.1. The molecule has 132 valence electrons. The molecule has 0 fully saturated rings. The van der Waals surface area contributed by atoms with Gasteiger partial charge in [0.2, 0.25) is 0 Å². The van der Waals surface area contributed by atoms with Crippen molar-refractivity contribution in [2.24, 2.45) is 0 Å². The standard InChI is InChI=1S/C23H28O2/c1-18(24)22-14-10-20(11-15-22)8-6-4-3-5-7-9-21-12-16-23(17-13-21)19(2)25/h10-17H,3-9H2,1-2H3. The van der Waals surface area contributed by atoms with E-state index >= 15 is 0 Å². The molecular formula is C23H28O2. The number of Topliss-reactive ketones (excluding diaryl/α,β-unsaturated/α-hetero) is 2. The molecular weight excluding hydrogens is 308 g/mol. The molecule has 2 rings (SSSR count). The predicted octanol–water partition coefficient (Wildman–Crippen LogP) is 5.83. The molecule has 25 heavy (non-hydrogen) atoms. The lowest BCUT2D eigenvalue weighted by atomic mass is 10.0. The average molecular weight is 336 g/mol. The fraction of sp³-hybridized carbons (Fsp3) is 0.391. The van der Waals surface area contributed by atoms with E-state index < -0.39 is 0 Å². The van der Waals surface area contributed by atoms with Crippen molar-refractivity contribution in [2.75, 3.05) is 0 Å². The molecule has 0 saturated carbocycles. The molecule has 0 N–H and O–H groups in total. The highest BCUT2D eigenvalue weighted by atomic mass is 16.1. The summed E-state index contributed by atoms with van der Waals surface area (Å²) in [4.78, 5) is 22.5. The van der Waals surface area contributed by atoms with Crippen LogP contribution in [0.15, 0.2) is 48.5 Å². The monoisotopic (exact) mass is 336 g/mol. The van der Waals surface area contributed by atoms with Crippen molar-refractivity contribution in [2.45, 2.75) is 58.8 Å². The second-order valence-electron chi connectivity index (χ2n) is 6.77. The third-order valence-electron chi connectivity index (χ3n) is 4.65. The maximum atomic E-state index is 11.3. The smallest absolute Gasteiger partial charge is 0.159 e. The fourth-order valence-corrected chi connectivity index (χ4v) is 3.00. The van der Waals surface area contributed by atoms with Crippen molar-refractivity contribution in [3.8, 4) is 0 Å². The molecule has 2 aromatic carbocycles. The summed E-state index contributed by atoms with van der Waals surface area (Å²) in [6.45, 7) is 3.21. The number of aryl methyl sites for hydroxylation is 2. The summed E-state index contributed by atoms with van der Waals surface area (Å²) in [5.74, 6) is 0.255. The molecule has 0 aliphatic carbocycles. The van der Waals surface area contributed by atoms with Gasteiger partial charge in [0.25, 0.3) is 0 Å². The van der Waals surface area contributed by atoms with Crippen LogP contribution in [0.4, 0.5) is 0 Å². The van der Waals surface area contributed by atoms with Gasteiger partial charge in [-0.05, 0) is 50.7 Å². The van der Waals surface area contributed by atoms with Gasteiger partial charge >= 0.3 is 0 Å². The Hall–Kier alpha value is -2.22. The van der Waals surface area contributed by atoms with Crippen LogP contribution < -0.4 is 0 Å². The highest BCUT2D eigenvalue weighted by molar-refractivity contribution is 5.94. The summed E-state index contributed by atoms with van der Waals surface area (Å²) in [6, 6.07) is 16.0. The fourth-order valence-electron chi connectivity index (χ4n) is 3.00. The minimum atomic E-state index is 0.127. The van der Waals surface area contributed by atoms with Gasteiger partial charge in [0.1, 0.15) is 0 Å². The van der Waals surface area contributed by atoms with E-state index in [-0.39, 0.29) is 11.6 Å². The Balaban J connectivity index is 1.57. The first kappa shape index (κ1) is 19.1. The molecule has 0 saturated heterocycles. The lowest BCUT2D eigenvalue weighted by Gasteiger charge is -2.04. The molecule has 2 heteroatoms. The molecule has 0 unspecified atom stereocenters. The Kier molecular flexibility index (Phi) is 7.59. The van der Waals surface area contributed by atoms with Gasteiger partial charge in [-0.1, -0.05) is 67.8 Å². The molecule has 0 amide bonds. The minimum Gasteiger partial charge on any atom is -0.295 e. The Bertz CT molecular complexity index is 620. The molecule has 0 aliphatic heterocycles. The van der Waals surface area contributed by atoms with Crippen LogP contribution in [-0.2, 0) is 12.8 Å². The number of hydrogen-bond acceptors (Lipinski definition) is 2. The normalized spacial score (nSPS) is 10.6. The number of rotatable bonds is 10. The van der Waals surface area contributed by atoms with E-state index in [0.29, 0.717) is 0 Å². The van der Waals surface area contributed by atoms with Crippen LogP contribution in [0.3, 0.4) is 0 Å². The van der Waals surface area contributed by atoms with E-state index in [2.05, 4.69) is 24.3 Å². The number of hydrogen-bond donors (Lipinski definition) is 0. The summed E-state index contributed by atoms with van der Waals surface area (Å²) in [5.41, 5.74) is 4.21. The van der Waals surface area contributed by atoms with Gasteiger partial charge in [0.05, 0.1) is 0 Å². The largest absolute Gasteiger partial charge is 0.295 e. The Morgan fingerprint density at radius 3 is 1.20 bits per heavy atom. The molecule has 0 aliphatic rings. The molecule has 2 nitrogen and oxygen atoms in total. The number of ketones is 2. The van der Waals surface area contributed by atoms with E-state index in [1.165, 1.54) is 43.2 Å². The third kappa shape index (κ3) is 6.66. The van der Waals surface area contributed by atoms with Crippen LogP contribution in [0.5, 0.6) is 0 Å². The summed E-state index contributed by atoms with van der Waals surface area (Å²) in [6.07, 6.45) is 8.33. The number of benzene rings is 2. The van der Waals surface area contributed by atoms with Crippen LogP contribution in [0.25, 0.3) is 0 Å². The third-order valence-corrected chi connectivity index (χ3v) is 4.65. The van der Waals surface area contributed by atoms with Gasteiger partial charge in [-0.25, -0.2) is 0 Å². The lowest BCUT2D eigenvalue weighted by molar-refractivity contribution is 0.100. The number of carbonyl (C=O) groups excluding carboxylic acids is 2. The molecule has 0 heterocycles. The predicted molar refractivity (Wildman–Crippen MR) is 103 cm³/mol. The molecule has 0 spiro atoms. The van der Waals surface area contributed by atoms with Crippen LogP contribution >= 0.6 is 0 Å². The first-order valence-electron chi connectivity index (χ1n) is 9.26. The second-order valence-corrected chi connectivity index (χ2v) is 6.77. The zero-order valence-electron chi connectivity index (χ0n) is 15.4. The van der Waals surface area contributed by atoms with Crippen molar-refractivity contribution in [3.05, 3.63) is 70.8 Å². The molecule has 0 atom stereocenters. The molecule has 0 bridgehead atoms. The summed E-state index contributed by atoms with van der Waals surface area (Å²) in [7, 11) is 0. The first-order chi connectivity index (χ1) is 12.1.